The third-order valence-corrected chi connectivity index (χ3v) is 5.04. The molecule has 0 saturated heterocycles. The zero-order valence-electron chi connectivity index (χ0n) is 11.9. The summed E-state index contributed by atoms with van der Waals surface area (Å²) in [7, 11) is -3.64. The van der Waals surface area contributed by atoms with E-state index in [9.17, 15) is 17.2 Å². The number of nitrogens with one attached hydrogen (secondary N) is 2. The summed E-state index contributed by atoms with van der Waals surface area (Å²) in [5.41, 5.74) is 0. The molecule has 0 fully saturated rings. The van der Waals surface area contributed by atoms with Crippen LogP contribution in [0.4, 0.5) is 8.78 Å². The molecule has 5 nitrogen and oxygen atoms in total. The van der Waals surface area contributed by atoms with Crippen LogP contribution in [0.1, 0.15) is 18.7 Å². The van der Waals surface area contributed by atoms with Gasteiger partial charge in [-0.15, -0.1) is 11.3 Å². The zero-order chi connectivity index (χ0) is 15.9. The van der Waals surface area contributed by atoms with Crippen molar-refractivity contribution in [2.45, 2.75) is 37.8 Å². The largest absolute Gasteiger partial charge is 0.374 e. The fourth-order valence-corrected chi connectivity index (χ4v) is 3.90. The van der Waals surface area contributed by atoms with Gasteiger partial charge < -0.3 is 10.1 Å². The summed E-state index contributed by atoms with van der Waals surface area (Å²) in [5.74, 6) is 0. The predicted molar refractivity (Wildman–Crippen MR) is 78.3 cm³/mol. The molecular formula is C12H20F2N2O3S2. The molecule has 0 spiro atoms. The molecule has 0 radical (unpaired) electrons. The van der Waals surface area contributed by atoms with Gasteiger partial charge in [-0.3, -0.25) is 0 Å². The lowest BCUT2D eigenvalue weighted by atomic mass is 10.4. The van der Waals surface area contributed by atoms with E-state index in [1.807, 2.05) is 13.8 Å². The van der Waals surface area contributed by atoms with Crippen molar-refractivity contribution in [3.8, 4) is 0 Å². The lowest BCUT2D eigenvalue weighted by Crippen LogP contribution is -2.29. The first-order valence-corrected chi connectivity index (χ1v) is 8.84. The average Bonchev–Trinajstić information content (AvgIpc) is 2.84. The average molecular weight is 342 g/mol. The van der Waals surface area contributed by atoms with Gasteiger partial charge in [0.05, 0.1) is 11.5 Å². The van der Waals surface area contributed by atoms with Crippen molar-refractivity contribution < 1.29 is 21.9 Å². The highest BCUT2D eigenvalue weighted by molar-refractivity contribution is 7.89. The molecule has 1 heterocycles. The van der Waals surface area contributed by atoms with Gasteiger partial charge in [0.2, 0.25) is 10.0 Å². The first-order valence-electron chi connectivity index (χ1n) is 6.48. The molecular weight excluding hydrogens is 322 g/mol. The van der Waals surface area contributed by atoms with E-state index in [-0.39, 0.29) is 24.1 Å². The minimum atomic E-state index is -3.64. The van der Waals surface area contributed by atoms with Gasteiger partial charge in [-0.25, -0.2) is 21.9 Å². The number of hydrogen-bond acceptors (Lipinski definition) is 5. The number of alkyl halides is 2. The lowest BCUT2D eigenvalue weighted by Gasteiger charge is -2.10. The van der Waals surface area contributed by atoms with E-state index < -0.39 is 23.1 Å². The van der Waals surface area contributed by atoms with Gasteiger partial charge in [0.25, 0.3) is 6.43 Å². The number of halogens is 2. The Morgan fingerprint density at radius 1 is 1.38 bits per heavy atom. The Morgan fingerprint density at radius 3 is 2.71 bits per heavy atom. The second-order valence-corrected chi connectivity index (χ2v) is 7.34. The minimum absolute atomic E-state index is 0.0397. The first-order chi connectivity index (χ1) is 9.83. The van der Waals surface area contributed by atoms with Crippen molar-refractivity contribution in [3.63, 3.8) is 0 Å². The van der Waals surface area contributed by atoms with Gasteiger partial charge in [-0.05, 0) is 11.4 Å². The van der Waals surface area contributed by atoms with Gasteiger partial charge in [-0.1, -0.05) is 13.8 Å². The summed E-state index contributed by atoms with van der Waals surface area (Å²) in [6.07, 6.45) is -2.55. The number of sulfonamides is 1. The molecule has 1 aromatic heterocycles. The standard InChI is InChI=1S/C12H20F2N2O3S2/c1-9(2)15-7-10-11(3-6-20-10)21(17,18)16-4-5-19-8-12(13)14/h3,6,9,12,15-16H,4-5,7-8H2,1-2H3. The Balaban J connectivity index is 2.52. The molecule has 0 aliphatic rings. The Kier molecular flexibility index (Phi) is 7.67. The van der Waals surface area contributed by atoms with E-state index in [1.54, 1.807) is 5.38 Å². The van der Waals surface area contributed by atoms with E-state index in [1.165, 1.54) is 17.4 Å². The fourth-order valence-electron chi connectivity index (χ4n) is 1.49. The molecule has 0 atom stereocenters. The molecule has 0 amide bonds. The molecule has 0 aliphatic heterocycles. The zero-order valence-corrected chi connectivity index (χ0v) is 13.6. The Labute approximate surface area is 127 Å². The van der Waals surface area contributed by atoms with Gasteiger partial charge in [-0.2, -0.15) is 0 Å². The first kappa shape index (κ1) is 18.4. The van der Waals surface area contributed by atoms with Gasteiger partial charge >= 0.3 is 0 Å². The maximum absolute atomic E-state index is 12.1. The van der Waals surface area contributed by atoms with Crippen molar-refractivity contribution in [3.05, 3.63) is 16.3 Å². The fraction of sp³-hybridized carbons (Fsp3) is 0.667. The van der Waals surface area contributed by atoms with Crippen molar-refractivity contribution in [2.75, 3.05) is 19.8 Å². The van der Waals surface area contributed by atoms with Crippen LogP contribution >= 0.6 is 11.3 Å². The Hall–Kier alpha value is -0.610. The van der Waals surface area contributed by atoms with Crippen LogP contribution in [0.3, 0.4) is 0 Å². The van der Waals surface area contributed by atoms with Gasteiger partial charge in [0.15, 0.2) is 0 Å². The van der Waals surface area contributed by atoms with E-state index >= 15 is 0 Å². The highest BCUT2D eigenvalue weighted by atomic mass is 32.2. The smallest absolute Gasteiger partial charge is 0.261 e. The number of ether oxygens (including phenoxy) is 1. The summed E-state index contributed by atoms with van der Waals surface area (Å²) in [6.45, 7) is 3.59. The van der Waals surface area contributed by atoms with E-state index in [4.69, 9.17) is 0 Å². The monoisotopic (exact) mass is 342 g/mol. The highest BCUT2D eigenvalue weighted by Crippen LogP contribution is 2.21. The normalized spacial score (nSPS) is 12.5. The molecule has 21 heavy (non-hydrogen) atoms. The van der Waals surface area contributed by atoms with Gasteiger partial charge in [0, 0.05) is 24.0 Å². The highest BCUT2D eigenvalue weighted by Gasteiger charge is 2.19. The molecule has 0 bridgehead atoms. The van der Waals surface area contributed by atoms with Crippen molar-refractivity contribution >= 4 is 21.4 Å². The van der Waals surface area contributed by atoms with E-state index in [0.29, 0.717) is 11.4 Å². The third kappa shape index (κ3) is 6.79. The van der Waals surface area contributed by atoms with Crippen LogP contribution in [-0.4, -0.2) is 40.6 Å². The third-order valence-electron chi connectivity index (χ3n) is 2.45. The maximum Gasteiger partial charge on any atom is 0.261 e. The molecule has 1 rings (SSSR count). The number of thiophene rings is 1. The van der Waals surface area contributed by atoms with E-state index in [2.05, 4.69) is 14.8 Å². The summed E-state index contributed by atoms with van der Waals surface area (Å²) in [4.78, 5) is 0.930. The summed E-state index contributed by atoms with van der Waals surface area (Å²) in [6, 6.07) is 1.78. The van der Waals surface area contributed by atoms with E-state index in [0.717, 1.165) is 0 Å². The van der Waals surface area contributed by atoms with Crippen LogP contribution in [0.2, 0.25) is 0 Å². The van der Waals surface area contributed by atoms with Crippen molar-refractivity contribution in [2.24, 2.45) is 0 Å². The van der Waals surface area contributed by atoms with Crippen LogP contribution in [0.15, 0.2) is 16.3 Å². The Bertz CT molecular complexity index is 518. The molecule has 1 aromatic rings. The summed E-state index contributed by atoms with van der Waals surface area (Å²) in [5, 5.41) is 4.87. The van der Waals surface area contributed by atoms with Crippen molar-refractivity contribution in [1.29, 1.82) is 0 Å². The van der Waals surface area contributed by atoms with Crippen molar-refractivity contribution in [1.82, 2.24) is 10.0 Å². The molecule has 122 valence electrons. The molecule has 9 heteroatoms. The predicted octanol–water partition coefficient (Wildman–Crippen LogP) is 1.81. The number of rotatable bonds is 10. The van der Waals surface area contributed by atoms with Crippen LogP contribution in [0, 0.1) is 0 Å². The molecule has 0 aromatic carbocycles. The van der Waals surface area contributed by atoms with Crippen LogP contribution in [-0.2, 0) is 21.3 Å². The molecule has 2 N–H and O–H groups in total. The van der Waals surface area contributed by atoms with Gasteiger partial charge in [0.1, 0.15) is 6.61 Å². The Morgan fingerprint density at radius 2 is 2.10 bits per heavy atom. The minimum Gasteiger partial charge on any atom is -0.374 e. The molecule has 0 aliphatic carbocycles. The summed E-state index contributed by atoms with van der Waals surface area (Å²) < 4.78 is 54.9. The van der Waals surface area contributed by atoms with Crippen LogP contribution in [0.5, 0.6) is 0 Å². The second kappa shape index (κ2) is 8.74. The topological polar surface area (TPSA) is 67.4 Å². The molecule has 0 saturated carbocycles. The second-order valence-electron chi connectivity index (χ2n) is 4.61. The summed E-state index contributed by atoms with van der Waals surface area (Å²) >= 11 is 1.35. The number of hydrogen-bond donors (Lipinski definition) is 2. The quantitative estimate of drug-likeness (QED) is 0.637. The maximum atomic E-state index is 12.1. The lowest BCUT2D eigenvalue weighted by molar-refractivity contribution is 0.0199. The SMILES string of the molecule is CC(C)NCc1sccc1S(=O)(=O)NCCOCC(F)F. The van der Waals surface area contributed by atoms with Crippen LogP contribution < -0.4 is 10.0 Å². The van der Waals surface area contributed by atoms with Crippen LogP contribution in [0.25, 0.3) is 0 Å². The molecule has 0 unspecified atom stereocenters.